The first-order chi connectivity index (χ1) is 18.2. The predicted molar refractivity (Wildman–Crippen MR) is 147 cm³/mol. The molecule has 1 aliphatic heterocycles. The Morgan fingerprint density at radius 1 is 1.03 bits per heavy atom. The van der Waals surface area contributed by atoms with Crippen molar-refractivity contribution in [2.75, 3.05) is 25.0 Å². The van der Waals surface area contributed by atoms with Crippen LogP contribution in [0.5, 0.6) is 5.75 Å². The maximum absolute atomic E-state index is 14.2. The van der Waals surface area contributed by atoms with E-state index in [0.29, 0.717) is 28.5 Å². The van der Waals surface area contributed by atoms with Crippen LogP contribution in [0.15, 0.2) is 30.3 Å². The Hall–Kier alpha value is -2.93. The number of benzene rings is 1. The largest absolute Gasteiger partial charge is 0.511 e. The highest BCUT2D eigenvalue weighted by Crippen LogP contribution is 2.45. The second kappa shape index (κ2) is 11.0. The molecule has 3 aliphatic rings. The van der Waals surface area contributed by atoms with E-state index in [9.17, 15) is 14.7 Å². The number of aromatic nitrogens is 1. The van der Waals surface area contributed by atoms with Crippen LogP contribution in [-0.2, 0) is 11.2 Å². The minimum absolute atomic E-state index is 0.0281. The monoisotopic (exact) mass is 520 g/mol. The lowest BCUT2D eigenvalue weighted by molar-refractivity contribution is -0.892. The number of piperidine rings is 1. The summed E-state index contributed by atoms with van der Waals surface area (Å²) in [6.07, 6.45) is 9.10. The number of anilines is 1. The fourth-order valence-corrected chi connectivity index (χ4v) is 7.43. The molecule has 204 valence electrons. The van der Waals surface area contributed by atoms with Gasteiger partial charge >= 0.3 is 12.1 Å². The summed E-state index contributed by atoms with van der Waals surface area (Å²) in [6.45, 7) is 5.91. The fraction of sp³-hybridized carbons (Fsp3) is 0.581. The van der Waals surface area contributed by atoms with Crippen LogP contribution in [0, 0.1) is 19.8 Å². The van der Waals surface area contributed by atoms with Gasteiger partial charge in [-0.05, 0) is 62.4 Å². The first-order valence-corrected chi connectivity index (χ1v) is 14.4. The lowest BCUT2D eigenvalue weighted by atomic mass is 9.92. The van der Waals surface area contributed by atoms with E-state index < -0.39 is 6.16 Å². The highest BCUT2D eigenvalue weighted by Gasteiger charge is 2.50. The molecule has 1 saturated carbocycles. The normalized spacial score (nSPS) is 21.8. The summed E-state index contributed by atoms with van der Waals surface area (Å²) >= 11 is 0. The Kier molecular flexibility index (Phi) is 7.75. The SMILES string of the molecule is Cc1cc(N2CCC([N+](C)(C(=O)CCC3CCCC3)C3CCc4ccc(OC(=O)O)cc43)CC2)cc(C)n1. The minimum atomic E-state index is -1.31. The van der Waals surface area contributed by atoms with E-state index >= 15 is 0 Å². The number of ether oxygens (including phenoxy) is 1. The van der Waals surface area contributed by atoms with Crippen molar-refractivity contribution in [3.63, 3.8) is 0 Å². The number of rotatable bonds is 7. The van der Waals surface area contributed by atoms with Crippen molar-refractivity contribution in [2.45, 2.75) is 90.1 Å². The van der Waals surface area contributed by atoms with Crippen LogP contribution in [0.2, 0.25) is 0 Å². The van der Waals surface area contributed by atoms with Gasteiger partial charge in [-0.15, -0.1) is 0 Å². The lowest BCUT2D eigenvalue weighted by Gasteiger charge is -2.47. The summed E-state index contributed by atoms with van der Waals surface area (Å²) in [5.74, 6) is 1.36. The number of fused-ring (bicyclic) bond motifs is 1. The number of aryl methyl sites for hydroxylation is 3. The molecule has 0 spiro atoms. The average molecular weight is 521 g/mol. The zero-order chi connectivity index (χ0) is 26.9. The molecule has 1 saturated heterocycles. The molecule has 2 aromatic rings. The van der Waals surface area contributed by atoms with Crippen LogP contribution in [0.25, 0.3) is 0 Å². The van der Waals surface area contributed by atoms with Gasteiger partial charge in [-0.25, -0.2) is 9.59 Å². The zero-order valence-corrected chi connectivity index (χ0v) is 23.1. The third-order valence-electron chi connectivity index (χ3n) is 9.45. The summed E-state index contributed by atoms with van der Waals surface area (Å²) in [7, 11) is 2.17. The second-order valence-electron chi connectivity index (χ2n) is 11.8. The van der Waals surface area contributed by atoms with E-state index in [4.69, 9.17) is 4.74 Å². The molecule has 1 aromatic carbocycles. The van der Waals surface area contributed by atoms with E-state index in [1.54, 1.807) is 6.07 Å². The number of quaternary nitrogens is 1. The Morgan fingerprint density at radius 3 is 2.37 bits per heavy atom. The van der Waals surface area contributed by atoms with E-state index in [1.807, 2.05) is 26.0 Å². The summed E-state index contributed by atoms with van der Waals surface area (Å²) in [4.78, 5) is 32.4. The number of hydrogen-bond donors (Lipinski definition) is 1. The fourth-order valence-electron chi connectivity index (χ4n) is 7.43. The first kappa shape index (κ1) is 26.7. The molecule has 2 heterocycles. The topological polar surface area (TPSA) is 79.7 Å². The molecule has 5 rings (SSSR count). The van der Waals surface area contributed by atoms with Crippen molar-refractivity contribution in [3.05, 3.63) is 52.8 Å². The number of amides is 1. The van der Waals surface area contributed by atoms with Crippen LogP contribution in [0.4, 0.5) is 10.5 Å². The van der Waals surface area contributed by atoms with Gasteiger partial charge in [0, 0.05) is 55.0 Å². The molecule has 2 aliphatic carbocycles. The number of hydrogen-bond acceptors (Lipinski definition) is 5. The molecule has 1 N–H and O–H groups in total. The van der Waals surface area contributed by atoms with Crippen LogP contribution in [0.1, 0.15) is 86.3 Å². The van der Waals surface area contributed by atoms with Crippen molar-refractivity contribution < 1.29 is 23.9 Å². The Balaban J connectivity index is 1.40. The van der Waals surface area contributed by atoms with Crippen LogP contribution >= 0.6 is 0 Å². The molecular formula is C31H42N3O4+. The number of pyridine rings is 1. The van der Waals surface area contributed by atoms with Gasteiger partial charge in [0.05, 0.1) is 19.5 Å². The van der Waals surface area contributed by atoms with Crippen LogP contribution in [-0.4, -0.2) is 52.8 Å². The van der Waals surface area contributed by atoms with Gasteiger partial charge in [0.2, 0.25) is 0 Å². The standard InChI is InChI=1S/C31H41N3O4/c1-21-18-25(19-22(2)32-21)33-16-14-26(15-17-33)34(3,30(35)13-8-23-6-4-5-7-23)29-12-10-24-9-11-27(20-28(24)29)38-31(36)37/h9,11,18-20,23,26,29H,4-8,10,12-17H2,1-3H3/p+1. The van der Waals surface area contributed by atoms with Crippen molar-refractivity contribution in [1.82, 2.24) is 4.98 Å². The Morgan fingerprint density at radius 2 is 1.71 bits per heavy atom. The molecule has 7 heteroatoms. The molecule has 38 heavy (non-hydrogen) atoms. The van der Waals surface area contributed by atoms with Crippen LogP contribution < -0.4 is 9.64 Å². The summed E-state index contributed by atoms with van der Waals surface area (Å²) < 4.78 is 5.43. The van der Waals surface area contributed by atoms with Gasteiger partial charge in [-0.2, -0.15) is 0 Å². The highest BCUT2D eigenvalue weighted by molar-refractivity contribution is 5.70. The lowest BCUT2D eigenvalue weighted by Crippen LogP contribution is -2.60. The molecule has 0 radical (unpaired) electrons. The van der Waals surface area contributed by atoms with Gasteiger partial charge in [-0.1, -0.05) is 31.7 Å². The van der Waals surface area contributed by atoms with Crippen molar-refractivity contribution in [1.29, 1.82) is 0 Å². The average Bonchev–Trinajstić information content (AvgIpc) is 3.56. The van der Waals surface area contributed by atoms with Gasteiger partial charge < -0.3 is 14.7 Å². The van der Waals surface area contributed by atoms with E-state index in [-0.39, 0.29) is 12.1 Å². The summed E-state index contributed by atoms with van der Waals surface area (Å²) in [6, 6.07) is 10.2. The third-order valence-corrected chi connectivity index (χ3v) is 9.45. The molecular weight excluding hydrogens is 478 g/mol. The number of carboxylic acid groups (broad SMARTS) is 1. The molecule has 2 atom stereocenters. The van der Waals surface area contributed by atoms with Crippen LogP contribution in [0.3, 0.4) is 0 Å². The number of nitrogens with zero attached hydrogens (tertiary/aromatic N) is 3. The molecule has 1 aromatic heterocycles. The second-order valence-corrected chi connectivity index (χ2v) is 11.8. The van der Waals surface area contributed by atoms with Gasteiger partial charge in [-0.3, -0.25) is 9.47 Å². The van der Waals surface area contributed by atoms with Gasteiger partial charge in [0.15, 0.2) is 0 Å². The molecule has 2 unspecified atom stereocenters. The smallest absolute Gasteiger partial charge is 0.449 e. The van der Waals surface area contributed by atoms with E-state index in [2.05, 4.69) is 29.1 Å². The molecule has 2 fully saturated rings. The summed E-state index contributed by atoms with van der Waals surface area (Å²) in [5, 5.41) is 9.17. The van der Waals surface area contributed by atoms with Crippen molar-refractivity contribution >= 4 is 17.7 Å². The van der Waals surface area contributed by atoms with E-state index in [0.717, 1.165) is 62.1 Å². The molecule has 7 nitrogen and oxygen atoms in total. The minimum Gasteiger partial charge on any atom is -0.449 e. The Labute approximate surface area is 226 Å². The van der Waals surface area contributed by atoms with Gasteiger partial charge in [0.1, 0.15) is 11.8 Å². The quantitative estimate of drug-likeness (QED) is 0.260. The Bertz CT molecular complexity index is 1160. The summed E-state index contributed by atoms with van der Waals surface area (Å²) in [5.41, 5.74) is 5.58. The number of carbonyl (C=O) groups excluding carboxylic acids is 1. The maximum atomic E-state index is 14.2. The zero-order valence-electron chi connectivity index (χ0n) is 23.1. The van der Waals surface area contributed by atoms with E-state index in [1.165, 1.54) is 36.9 Å². The maximum Gasteiger partial charge on any atom is 0.511 e. The van der Waals surface area contributed by atoms with Crippen molar-refractivity contribution in [2.24, 2.45) is 5.92 Å². The van der Waals surface area contributed by atoms with Gasteiger partial charge in [0.25, 0.3) is 0 Å². The molecule has 1 amide bonds. The first-order valence-electron chi connectivity index (χ1n) is 14.4. The predicted octanol–water partition coefficient (Wildman–Crippen LogP) is 6.36. The highest BCUT2D eigenvalue weighted by atomic mass is 16.7. The number of carbonyl (C=O) groups is 2. The molecule has 0 bridgehead atoms. The third kappa shape index (κ3) is 5.44. The van der Waals surface area contributed by atoms with Crippen molar-refractivity contribution in [3.8, 4) is 5.75 Å².